The van der Waals surface area contributed by atoms with Crippen LogP contribution in [0.2, 0.25) is 0 Å². The average molecular weight is 262 g/mol. The highest BCUT2D eigenvalue weighted by atomic mass is 16.5. The minimum absolute atomic E-state index is 0.204. The smallest absolute Gasteiger partial charge is 0.328 e. The Balaban J connectivity index is 2.11. The lowest BCUT2D eigenvalue weighted by molar-refractivity contribution is -0.144. The summed E-state index contributed by atoms with van der Waals surface area (Å²) in [7, 11) is 1.30. The van der Waals surface area contributed by atoms with Gasteiger partial charge in [0.25, 0.3) is 0 Å². The van der Waals surface area contributed by atoms with Gasteiger partial charge in [0.2, 0.25) is 5.91 Å². The fraction of sp³-hybridized carbons (Fsp3) is 0.429. The molecule has 1 heterocycles. The number of carbonyl (C=O) groups is 2. The maximum atomic E-state index is 12.2. The summed E-state index contributed by atoms with van der Waals surface area (Å²) in [5.74, 6) is -0.650. The lowest BCUT2D eigenvalue weighted by Gasteiger charge is -2.26. The Morgan fingerprint density at radius 2 is 2.16 bits per heavy atom. The van der Waals surface area contributed by atoms with E-state index < -0.39 is 18.1 Å². The lowest BCUT2D eigenvalue weighted by Crippen LogP contribution is -2.46. The van der Waals surface area contributed by atoms with E-state index in [9.17, 15) is 9.59 Å². The van der Waals surface area contributed by atoms with Crippen LogP contribution in [0.1, 0.15) is 24.1 Å². The van der Waals surface area contributed by atoms with Crippen LogP contribution in [0, 0.1) is 0 Å². The fourth-order valence-corrected chi connectivity index (χ4v) is 2.27. The molecule has 5 nitrogen and oxygen atoms in total. The second-order valence-corrected chi connectivity index (χ2v) is 4.59. The van der Waals surface area contributed by atoms with Crippen molar-refractivity contribution in [2.24, 2.45) is 0 Å². The van der Waals surface area contributed by atoms with Crippen molar-refractivity contribution in [2.75, 3.05) is 13.7 Å². The van der Waals surface area contributed by atoms with Gasteiger partial charge < -0.3 is 15.4 Å². The summed E-state index contributed by atoms with van der Waals surface area (Å²) in [5, 5.41) is 5.84. The molecule has 0 saturated heterocycles. The molecule has 19 heavy (non-hydrogen) atoms. The first-order valence-corrected chi connectivity index (χ1v) is 6.33. The van der Waals surface area contributed by atoms with Gasteiger partial charge in [-0.15, -0.1) is 0 Å². The van der Waals surface area contributed by atoms with Crippen molar-refractivity contribution in [3.8, 4) is 0 Å². The van der Waals surface area contributed by atoms with Crippen molar-refractivity contribution in [3.05, 3.63) is 35.4 Å². The van der Waals surface area contributed by atoms with Crippen LogP contribution in [0.25, 0.3) is 0 Å². The van der Waals surface area contributed by atoms with E-state index >= 15 is 0 Å². The van der Waals surface area contributed by atoms with Crippen LogP contribution in [0.3, 0.4) is 0 Å². The largest absolute Gasteiger partial charge is 0.467 e. The first kappa shape index (κ1) is 13.5. The van der Waals surface area contributed by atoms with Crippen LogP contribution in [-0.4, -0.2) is 31.6 Å². The number of benzene rings is 1. The van der Waals surface area contributed by atoms with Gasteiger partial charge in [-0.05, 0) is 24.5 Å². The Morgan fingerprint density at radius 1 is 1.42 bits per heavy atom. The molecule has 1 aromatic carbocycles. The Kier molecular flexibility index (Phi) is 4.16. The molecule has 1 aliphatic rings. The van der Waals surface area contributed by atoms with Crippen LogP contribution >= 0.6 is 0 Å². The monoisotopic (exact) mass is 262 g/mol. The molecule has 0 spiro atoms. The Labute approximate surface area is 112 Å². The third kappa shape index (κ3) is 2.93. The van der Waals surface area contributed by atoms with Crippen LogP contribution < -0.4 is 10.6 Å². The predicted molar refractivity (Wildman–Crippen MR) is 70.5 cm³/mol. The number of fused-ring (bicyclic) bond motifs is 1. The number of ether oxygens (including phenoxy) is 1. The summed E-state index contributed by atoms with van der Waals surface area (Å²) in [6, 6.07) is 6.80. The molecule has 1 aromatic rings. The van der Waals surface area contributed by atoms with Gasteiger partial charge in [0.1, 0.15) is 12.1 Å². The van der Waals surface area contributed by atoms with Gasteiger partial charge in [0.05, 0.1) is 7.11 Å². The zero-order valence-electron chi connectivity index (χ0n) is 11.1. The molecule has 0 radical (unpaired) electrons. The van der Waals surface area contributed by atoms with Crippen LogP contribution in [0.4, 0.5) is 0 Å². The molecular weight excluding hydrogens is 244 g/mol. The van der Waals surface area contributed by atoms with E-state index in [1.165, 1.54) is 12.7 Å². The van der Waals surface area contributed by atoms with Crippen molar-refractivity contribution >= 4 is 11.9 Å². The lowest BCUT2D eigenvalue weighted by atomic mass is 9.94. The molecule has 2 N–H and O–H groups in total. The highest BCUT2D eigenvalue weighted by molar-refractivity contribution is 5.88. The SMILES string of the molecule is COC(=O)[C@H](C)NC(=O)C1NCCc2ccccc21. The maximum absolute atomic E-state index is 12.2. The van der Waals surface area contributed by atoms with Crippen LogP contribution in [-0.2, 0) is 20.7 Å². The summed E-state index contributed by atoms with van der Waals surface area (Å²) in [6.07, 6.45) is 0.909. The van der Waals surface area contributed by atoms with Crippen molar-refractivity contribution in [1.29, 1.82) is 0 Å². The van der Waals surface area contributed by atoms with Gasteiger partial charge in [-0.25, -0.2) is 4.79 Å². The molecule has 2 atom stereocenters. The van der Waals surface area contributed by atoms with Crippen molar-refractivity contribution < 1.29 is 14.3 Å². The molecule has 2 rings (SSSR count). The van der Waals surface area contributed by atoms with E-state index in [-0.39, 0.29) is 5.91 Å². The zero-order chi connectivity index (χ0) is 13.8. The van der Waals surface area contributed by atoms with Gasteiger partial charge in [-0.2, -0.15) is 0 Å². The van der Waals surface area contributed by atoms with Crippen LogP contribution in [0.5, 0.6) is 0 Å². The van der Waals surface area contributed by atoms with Crippen molar-refractivity contribution in [2.45, 2.75) is 25.4 Å². The first-order chi connectivity index (χ1) is 9.13. The Bertz CT molecular complexity index is 487. The minimum atomic E-state index is -0.645. The number of hydrogen-bond acceptors (Lipinski definition) is 4. The van der Waals surface area contributed by atoms with E-state index in [0.717, 1.165) is 18.5 Å². The Hall–Kier alpha value is -1.88. The van der Waals surface area contributed by atoms with E-state index in [1.54, 1.807) is 6.92 Å². The normalized spacial score (nSPS) is 19.2. The number of nitrogens with one attached hydrogen (secondary N) is 2. The number of methoxy groups -OCH3 is 1. The molecule has 1 unspecified atom stereocenters. The zero-order valence-corrected chi connectivity index (χ0v) is 11.1. The van der Waals surface area contributed by atoms with Gasteiger partial charge in [-0.1, -0.05) is 24.3 Å². The molecule has 1 amide bonds. The Morgan fingerprint density at radius 3 is 2.89 bits per heavy atom. The van der Waals surface area contributed by atoms with Crippen molar-refractivity contribution in [1.82, 2.24) is 10.6 Å². The number of esters is 1. The summed E-state index contributed by atoms with van der Waals surface area (Å²) in [4.78, 5) is 23.5. The highest BCUT2D eigenvalue weighted by Gasteiger charge is 2.27. The standard InChI is InChI=1S/C14H18N2O3/c1-9(14(18)19-2)16-13(17)12-11-6-4-3-5-10(11)7-8-15-12/h3-6,9,12,15H,7-8H2,1-2H3,(H,16,17)/t9-,12?/m0/s1. The highest BCUT2D eigenvalue weighted by Crippen LogP contribution is 2.22. The number of amides is 1. The molecule has 5 heteroatoms. The quantitative estimate of drug-likeness (QED) is 0.781. The summed E-state index contributed by atoms with van der Waals surface area (Å²) >= 11 is 0. The molecule has 0 saturated carbocycles. The van der Waals surface area contributed by atoms with Crippen molar-refractivity contribution in [3.63, 3.8) is 0 Å². The third-order valence-corrected chi connectivity index (χ3v) is 3.28. The molecule has 0 aromatic heterocycles. The fourth-order valence-electron chi connectivity index (χ4n) is 2.27. The third-order valence-electron chi connectivity index (χ3n) is 3.28. The van der Waals surface area contributed by atoms with E-state index in [2.05, 4.69) is 15.4 Å². The maximum Gasteiger partial charge on any atom is 0.328 e. The molecule has 0 fully saturated rings. The molecule has 0 bridgehead atoms. The molecular formula is C14H18N2O3. The topological polar surface area (TPSA) is 67.4 Å². The number of rotatable bonds is 3. The number of carbonyl (C=O) groups excluding carboxylic acids is 2. The first-order valence-electron chi connectivity index (χ1n) is 6.33. The van der Waals surface area contributed by atoms with Gasteiger partial charge in [-0.3, -0.25) is 4.79 Å². The van der Waals surface area contributed by atoms with Gasteiger partial charge in [0, 0.05) is 6.54 Å². The van der Waals surface area contributed by atoms with Gasteiger partial charge in [0.15, 0.2) is 0 Å². The van der Waals surface area contributed by atoms with E-state index in [1.807, 2.05) is 24.3 Å². The average Bonchev–Trinajstić information content (AvgIpc) is 2.45. The van der Waals surface area contributed by atoms with E-state index in [4.69, 9.17) is 0 Å². The summed E-state index contributed by atoms with van der Waals surface area (Å²) < 4.78 is 4.60. The van der Waals surface area contributed by atoms with E-state index in [0.29, 0.717) is 0 Å². The minimum Gasteiger partial charge on any atom is -0.467 e. The summed E-state index contributed by atoms with van der Waals surface area (Å²) in [5.41, 5.74) is 2.15. The molecule has 1 aliphatic heterocycles. The second-order valence-electron chi connectivity index (χ2n) is 4.59. The van der Waals surface area contributed by atoms with Gasteiger partial charge >= 0.3 is 5.97 Å². The second kappa shape index (κ2) is 5.84. The van der Waals surface area contributed by atoms with Crippen LogP contribution in [0.15, 0.2) is 24.3 Å². The molecule has 0 aliphatic carbocycles. The summed E-state index contributed by atoms with van der Waals surface area (Å²) in [6.45, 7) is 2.36. The molecule has 102 valence electrons. The number of hydrogen-bond donors (Lipinski definition) is 2. The predicted octanol–water partition coefficient (Wildman–Crippen LogP) is 0.551.